The molecule has 0 atom stereocenters. The number of rotatable bonds is 5. The molecule has 4 rings (SSSR count). The zero-order valence-electron chi connectivity index (χ0n) is 13.7. The Morgan fingerprint density at radius 3 is 2.52 bits per heavy atom. The lowest BCUT2D eigenvalue weighted by Crippen LogP contribution is -2.13. The summed E-state index contributed by atoms with van der Waals surface area (Å²) in [6.07, 6.45) is 0. The van der Waals surface area contributed by atoms with E-state index in [1.807, 2.05) is 17.5 Å². The van der Waals surface area contributed by atoms with Crippen LogP contribution in [0.4, 0.5) is 10.1 Å². The van der Waals surface area contributed by atoms with E-state index < -0.39 is 15.8 Å². The Kier molecular flexibility index (Phi) is 4.46. The topological polar surface area (TPSA) is 85.1 Å². The zero-order valence-corrected chi connectivity index (χ0v) is 15.3. The summed E-state index contributed by atoms with van der Waals surface area (Å²) in [4.78, 5) is 5.14. The maximum atomic E-state index is 13.1. The first-order valence-corrected chi connectivity index (χ1v) is 10.1. The van der Waals surface area contributed by atoms with Gasteiger partial charge in [-0.05, 0) is 47.8 Å². The molecule has 0 saturated heterocycles. The van der Waals surface area contributed by atoms with Crippen LogP contribution >= 0.6 is 11.3 Å². The minimum absolute atomic E-state index is 0.0523. The van der Waals surface area contributed by atoms with Crippen molar-refractivity contribution in [1.29, 1.82) is 0 Å². The molecule has 6 nitrogen and oxygen atoms in total. The van der Waals surface area contributed by atoms with E-state index in [2.05, 4.69) is 14.9 Å². The third-order valence-corrected chi connectivity index (χ3v) is 5.94. The number of hydrogen-bond acceptors (Lipinski definition) is 6. The van der Waals surface area contributed by atoms with Crippen molar-refractivity contribution in [3.63, 3.8) is 0 Å². The maximum Gasteiger partial charge on any atom is 0.261 e. The third kappa shape index (κ3) is 3.60. The van der Waals surface area contributed by atoms with Crippen molar-refractivity contribution in [2.75, 3.05) is 4.72 Å². The molecule has 0 spiro atoms. The fourth-order valence-corrected chi connectivity index (χ4v) is 4.14. The Balaban J connectivity index is 1.69. The molecule has 2 aromatic carbocycles. The zero-order chi connectivity index (χ0) is 18.9. The van der Waals surface area contributed by atoms with Gasteiger partial charge in [-0.25, -0.2) is 12.8 Å². The van der Waals surface area contributed by atoms with Gasteiger partial charge in [-0.3, -0.25) is 4.72 Å². The molecule has 27 heavy (non-hydrogen) atoms. The molecule has 0 bridgehead atoms. The number of halogens is 1. The summed E-state index contributed by atoms with van der Waals surface area (Å²) in [5.41, 5.74) is 0.724. The molecule has 2 aromatic heterocycles. The van der Waals surface area contributed by atoms with E-state index in [-0.39, 0.29) is 16.5 Å². The van der Waals surface area contributed by atoms with Gasteiger partial charge in [-0.15, -0.1) is 11.3 Å². The van der Waals surface area contributed by atoms with Gasteiger partial charge < -0.3 is 4.52 Å². The first kappa shape index (κ1) is 17.4. The van der Waals surface area contributed by atoms with Gasteiger partial charge in [0.2, 0.25) is 5.82 Å². The van der Waals surface area contributed by atoms with Gasteiger partial charge in [0.25, 0.3) is 15.9 Å². The average Bonchev–Trinajstić information content (AvgIpc) is 3.34. The van der Waals surface area contributed by atoms with Crippen LogP contribution in [0.5, 0.6) is 0 Å². The van der Waals surface area contributed by atoms with Gasteiger partial charge in [-0.2, -0.15) is 4.98 Å². The number of hydrogen-bond donors (Lipinski definition) is 1. The second kappa shape index (κ2) is 6.93. The SMILES string of the molecule is O=S(=O)(Nc1ccccc1-c1nc(-c2cccs2)no1)c1ccc(F)cc1. The molecular weight excluding hydrogens is 389 g/mol. The van der Waals surface area contributed by atoms with E-state index in [0.717, 1.165) is 17.0 Å². The predicted molar refractivity (Wildman–Crippen MR) is 100 cm³/mol. The summed E-state index contributed by atoms with van der Waals surface area (Å²) in [6.45, 7) is 0. The number of nitrogens with zero attached hydrogens (tertiary/aromatic N) is 2. The van der Waals surface area contributed by atoms with Gasteiger partial charge >= 0.3 is 0 Å². The Bertz CT molecular complexity index is 1170. The van der Waals surface area contributed by atoms with Gasteiger partial charge in [0, 0.05) is 0 Å². The van der Waals surface area contributed by atoms with E-state index in [1.54, 1.807) is 24.3 Å². The summed E-state index contributed by atoms with van der Waals surface area (Å²) in [6, 6.07) is 15.0. The average molecular weight is 401 g/mol. The number of anilines is 1. The molecule has 0 amide bonds. The number of para-hydroxylation sites is 1. The number of nitrogens with one attached hydrogen (secondary N) is 1. The second-order valence-electron chi connectivity index (χ2n) is 5.51. The third-order valence-electron chi connectivity index (χ3n) is 3.69. The Morgan fingerprint density at radius 2 is 1.78 bits per heavy atom. The molecule has 136 valence electrons. The highest BCUT2D eigenvalue weighted by Gasteiger charge is 2.19. The standard InChI is InChI=1S/C18H12FN3O3S2/c19-12-7-9-13(10-8-12)27(23,24)22-15-5-2-1-4-14(15)18-20-17(21-25-18)16-6-3-11-26-16/h1-11,22H. The van der Waals surface area contributed by atoms with Crippen molar-refractivity contribution in [2.24, 2.45) is 0 Å². The molecule has 0 fully saturated rings. The highest BCUT2D eigenvalue weighted by atomic mass is 32.2. The van der Waals surface area contributed by atoms with Crippen LogP contribution in [0.3, 0.4) is 0 Å². The van der Waals surface area contributed by atoms with Crippen molar-refractivity contribution in [3.8, 4) is 22.2 Å². The van der Waals surface area contributed by atoms with Crippen LogP contribution in [0.15, 0.2) is 75.5 Å². The highest BCUT2D eigenvalue weighted by molar-refractivity contribution is 7.92. The molecule has 0 saturated carbocycles. The molecule has 0 unspecified atom stereocenters. The molecular formula is C18H12FN3O3S2. The molecule has 4 aromatic rings. The Morgan fingerprint density at radius 1 is 1.00 bits per heavy atom. The fraction of sp³-hybridized carbons (Fsp3) is 0. The number of benzene rings is 2. The molecule has 2 heterocycles. The summed E-state index contributed by atoms with van der Waals surface area (Å²) >= 11 is 1.47. The Labute approximate surface area is 158 Å². The molecule has 1 N–H and O–H groups in total. The lowest BCUT2D eigenvalue weighted by atomic mass is 10.2. The van der Waals surface area contributed by atoms with Gasteiger partial charge in [0.1, 0.15) is 5.82 Å². The van der Waals surface area contributed by atoms with Crippen LogP contribution in [-0.2, 0) is 10.0 Å². The van der Waals surface area contributed by atoms with Crippen LogP contribution in [-0.4, -0.2) is 18.6 Å². The van der Waals surface area contributed by atoms with E-state index in [1.165, 1.54) is 23.5 Å². The van der Waals surface area contributed by atoms with Gasteiger partial charge in [0.05, 0.1) is 21.0 Å². The molecule has 9 heteroatoms. The molecule has 0 radical (unpaired) electrons. The van der Waals surface area contributed by atoms with Crippen LogP contribution in [0.1, 0.15) is 0 Å². The largest absolute Gasteiger partial charge is 0.334 e. The first-order valence-electron chi connectivity index (χ1n) is 7.78. The minimum atomic E-state index is -3.90. The molecule has 0 aliphatic rings. The summed E-state index contributed by atoms with van der Waals surface area (Å²) in [5.74, 6) is 0.105. The van der Waals surface area contributed by atoms with Crippen LogP contribution in [0, 0.1) is 5.82 Å². The van der Waals surface area contributed by atoms with Crippen molar-refractivity contribution in [2.45, 2.75) is 4.90 Å². The van der Waals surface area contributed by atoms with Crippen molar-refractivity contribution in [1.82, 2.24) is 10.1 Å². The smallest absolute Gasteiger partial charge is 0.261 e. The van der Waals surface area contributed by atoms with Gasteiger partial charge in [0.15, 0.2) is 0 Å². The van der Waals surface area contributed by atoms with E-state index in [4.69, 9.17) is 4.52 Å². The van der Waals surface area contributed by atoms with E-state index in [9.17, 15) is 12.8 Å². The van der Waals surface area contributed by atoms with Crippen LogP contribution < -0.4 is 4.72 Å². The quantitative estimate of drug-likeness (QED) is 0.536. The Hall–Kier alpha value is -3.04. The molecule has 0 aliphatic heterocycles. The normalized spacial score (nSPS) is 11.4. The second-order valence-corrected chi connectivity index (χ2v) is 8.14. The lowest BCUT2D eigenvalue weighted by molar-refractivity contribution is 0.432. The summed E-state index contributed by atoms with van der Waals surface area (Å²) in [7, 11) is -3.90. The van der Waals surface area contributed by atoms with Crippen molar-refractivity contribution in [3.05, 3.63) is 71.9 Å². The highest BCUT2D eigenvalue weighted by Crippen LogP contribution is 2.31. The van der Waals surface area contributed by atoms with E-state index in [0.29, 0.717) is 11.4 Å². The minimum Gasteiger partial charge on any atom is -0.334 e. The predicted octanol–water partition coefficient (Wildman–Crippen LogP) is 4.41. The van der Waals surface area contributed by atoms with Crippen LogP contribution in [0.2, 0.25) is 0 Å². The number of sulfonamides is 1. The summed E-state index contributed by atoms with van der Waals surface area (Å²) in [5, 5.41) is 5.84. The van der Waals surface area contributed by atoms with E-state index >= 15 is 0 Å². The first-order chi connectivity index (χ1) is 13.0. The molecule has 0 aliphatic carbocycles. The summed E-state index contributed by atoms with van der Waals surface area (Å²) < 4.78 is 46.0. The van der Waals surface area contributed by atoms with Gasteiger partial charge in [-0.1, -0.05) is 23.4 Å². The monoisotopic (exact) mass is 401 g/mol. The van der Waals surface area contributed by atoms with Crippen LogP contribution in [0.25, 0.3) is 22.2 Å². The lowest BCUT2D eigenvalue weighted by Gasteiger charge is -2.10. The fourth-order valence-electron chi connectivity index (χ4n) is 2.41. The maximum absolute atomic E-state index is 13.1. The van der Waals surface area contributed by atoms with Crippen molar-refractivity contribution < 1.29 is 17.3 Å². The van der Waals surface area contributed by atoms with Crippen molar-refractivity contribution >= 4 is 27.0 Å². The number of aromatic nitrogens is 2. The number of thiophene rings is 1.